The zero-order valence-corrected chi connectivity index (χ0v) is 11.9. The maximum Gasteiger partial charge on any atom is 0.355 e. The molecule has 6 heteroatoms. The van der Waals surface area contributed by atoms with Crippen molar-refractivity contribution in [2.45, 2.75) is 25.8 Å². The highest BCUT2D eigenvalue weighted by molar-refractivity contribution is 5.92. The Labute approximate surface area is 123 Å². The predicted octanol–water partition coefficient (Wildman–Crippen LogP) is 1.98. The zero-order chi connectivity index (χ0) is 14.7. The molecule has 112 valence electrons. The summed E-state index contributed by atoms with van der Waals surface area (Å²) in [4.78, 5) is 31.1. The summed E-state index contributed by atoms with van der Waals surface area (Å²) in [6.45, 7) is 2.37. The van der Waals surface area contributed by atoms with Crippen molar-refractivity contribution in [3.63, 3.8) is 0 Å². The standard InChI is InChI=1S/C15H19N3O3/c19-14(11-17-8-4-1-5-9-17)21-18-10-12-6-2-3-7-13(12)16-15(18)20/h2-3,6-7H,1,4-5,8-11H2,(H,16,20). The summed E-state index contributed by atoms with van der Waals surface area (Å²) in [6.07, 6.45) is 3.45. The molecule has 1 aromatic carbocycles. The lowest BCUT2D eigenvalue weighted by Crippen LogP contribution is -2.43. The van der Waals surface area contributed by atoms with E-state index < -0.39 is 6.03 Å². The van der Waals surface area contributed by atoms with E-state index in [1.807, 2.05) is 24.3 Å². The largest absolute Gasteiger partial charge is 0.355 e. The topological polar surface area (TPSA) is 61.9 Å². The molecule has 0 radical (unpaired) electrons. The minimum absolute atomic E-state index is 0.241. The molecule has 0 aliphatic carbocycles. The first-order valence-electron chi connectivity index (χ1n) is 7.32. The van der Waals surface area contributed by atoms with E-state index in [-0.39, 0.29) is 19.1 Å². The lowest BCUT2D eigenvalue weighted by atomic mass is 10.1. The molecule has 21 heavy (non-hydrogen) atoms. The van der Waals surface area contributed by atoms with E-state index in [1.165, 1.54) is 6.42 Å². The lowest BCUT2D eigenvalue weighted by Gasteiger charge is -2.29. The summed E-state index contributed by atoms with van der Waals surface area (Å²) in [7, 11) is 0. The van der Waals surface area contributed by atoms with Gasteiger partial charge in [0.25, 0.3) is 0 Å². The molecule has 2 heterocycles. The van der Waals surface area contributed by atoms with E-state index >= 15 is 0 Å². The molecule has 0 bridgehead atoms. The van der Waals surface area contributed by atoms with Gasteiger partial charge in [-0.1, -0.05) is 24.6 Å². The Hall–Kier alpha value is -2.08. The molecule has 0 unspecified atom stereocenters. The number of para-hydroxylation sites is 1. The van der Waals surface area contributed by atoms with Crippen molar-refractivity contribution >= 4 is 17.7 Å². The van der Waals surface area contributed by atoms with Gasteiger partial charge >= 0.3 is 12.0 Å². The van der Waals surface area contributed by atoms with Gasteiger partial charge in [0, 0.05) is 5.69 Å². The number of urea groups is 1. The van der Waals surface area contributed by atoms with Crippen molar-refractivity contribution in [3.05, 3.63) is 29.8 Å². The number of carbonyl (C=O) groups is 2. The van der Waals surface area contributed by atoms with Crippen LogP contribution in [0, 0.1) is 0 Å². The maximum absolute atomic E-state index is 12.0. The second kappa shape index (κ2) is 6.13. The van der Waals surface area contributed by atoms with Crippen LogP contribution in [0.15, 0.2) is 24.3 Å². The molecule has 2 aliphatic rings. The molecule has 1 N–H and O–H groups in total. The van der Waals surface area contributed by atoms with E-state index in [9.17, 15) is 9.59 Å². The Morgan fingerprint density at radius 1 is 1.19 bits per heavy atom. The van der Waals surface area contributed by atoms with Crippen LogP contribution in [0.1, 0.15) is 24.8 Å². The van der Waals surface area contributed by atoms with Crippen LogP contribution in [-0.4, -0.2) is 41.6 Å². The van der Waals surface area contributed by atoms with Crippen molar-refractivity contribution < 1.29 is 14.4 Å². The van der Waals surface area contributed by atoms with Crippen LogP contribution in [0.3, 0.4) is 0 Å². The molecule has 0 aromatic heterocycles. The molecule has 2 amide bonds. The summed E-state index contributed by atoms with van der Waals surface area (Å²) >= 11 is 0. The number of nitrogens with one attached hydrogen (secondary N) is 1. The molecule has 2 aliphatic heterocycles. The molecular formula is C15H19N3O3. The quantitative estimate of drug-likeness (QED) is 0.924. The molecule has 3 rings (SSSR count). The monoisotopic (exact) mass is 289 g/mol. The second-order valence-electron chi connectivity index (χ2n) is 5.42. The number of anilines is 1. The normalized spacial score (nSPS) is 18.9. The number of fused-ring (bicyclic) bond motifs is 1. The van der Waals surface area contributed by atoms with Crippen LogP contribution >= 0.6 is 0 Å². The van der Waals surface area contributed by atoms with Crippen molar-refractivity contribution in [1.82, 2.24) is 9.96 Å². The van der Waals surface area contributed by atoms with E-state index in [0.717, 1.165) is 42.2 Å². The number of hydroxylamine groups is 2. The first-order chi connectivity index (χ1) is 10.2. The number of likely N-dealkylation sites (tertiary alicyclic amines) is 1. The molecule has 1 fully saturated rings. The van der Waals surface area contributed by atoms with Crippen molar-refractivity contribution in [2.24, 2.45) is 0 Å². The van der Waals surface area contributed by atoms with Crippen LogP contribution in [0.4, 0.5) is 10.5 Å². The van der Waals surface area contributed by atoms with Gasteiger partial charge in [-0.05, 0) is 37.6 Å². The van der Waals surface area contributed by atoms with Crippen molar-refractivity contribution in [1.29, 1.82) is 0 Å². The summed E-state index contributed by atoms with van der Waals surface area (Å²) < 4.78 is 0. The SMILES string of the molecule is O=C(CN1CCCCC1)ON1Cc2ccccc2NC1=O. The smallest absolute Gasteiger partial charge is 0.335 e. The molecule has 0 atom stereocenters. The fourth-order valence-electron chi connectivity index (χ4n) is 2.71. The Kier molecular flexibility index (Phi) is 4.06. The van der Waals surface area contributed by atoms with Crippen molar-refractivity contribution in [3.8, 4) is 0 Å². The average Bonchev–Trinajstić information content (AvgIpc) is 2.49. The van der Waals surface area contributed by atoms with Crippen LogP contribution in [-0.2, 0) is 16.2 Å². The van der Waals surface area contributed by atoms with Gasteiger partial charge in [0.15, 0.2) is 0 Å². The molecule has 1 saturated heterocycles. The van der Waals surface area contributed by atoms with Gasteiger partial charge in [-0.25, -0.2) is 9.59 Å². The number of piperidine rings is 1. The molecular weight excluding hydrogens is 270 g/mol. The summed E-state index contributed by atoms with van der Waals surface area (Å²) in [6, 6.07) is 7.09. The van der Waals surface area contributed by atoms with E-state index in [2.05, 4.69) is 10.2 Å². The van der Waals surface area contributed by atoms with Crippen molar-refractivity contribution in [2.75, 3.05) is 25.0 Å². The average molecular weight is 289 g/mol. The second-order valence-corrected chi connectivity index (χ2v) is 5.42. The zero-order valence-electron chi connectivity index (χ0n) is 11.9. The van der Waals surface area contributed by atoms with Crippen LogP contribution < -0.4 is 5.32 Å². The lowest BCUT2D eigenvalue weighted by molar-refractivity contribution is -0.179. The third kappa shape index (κ3) is 3.33. The maximum atomic E-state index is 12.0. The van der Waals surface area contributed by atoms with Gasteiger partial charge in [-0.15, -0.1) is 5.06 Å². The minimum atomic E-state index is -0.402. The first kappa shape index (κ1) is 13.9. The molecule has 1 aromatic rings. The number of hydrogen-bond donors (Lipinski definition) is 1. The Morgan fingerprint density at radius 2 is 1.95 bits per heavy atom. The first-order valence-corrected chi connectivity index (χ1v) is 7.32. The summed E-state index contributed by atoms with van der Waals surface area (Å²) in [5.41, 5.74) is 1.70. The highest BCUT2D eigenvalue weighted by atomic mass is 16.7. The fourth-order valence-corrected chi connectivity index (χ4v) is 2.71. The van der Waals surface area contributed by atoms with Crippen LogP contribution in [0.25, 0.3) is 0 Å². The third-order valence-electron chi connectivity index (χ3n) is 3.81. The number of benzene rings is 1. The van der Waals surface area contributed by atoms with Crippen LogP contribution in [0.2, 0.25) is 0 Å². The van der Waals surface area contributed by atoms with E-state index in [0.29, 0.717) is 0 Å². The highest BCUT2D eigenvalue weighted by Gasteiger charge is 2.26. The third-order valence-corrected chi connectivity index (χ3v) is 3.81. The van der Waals surface area contributed by atoms with Gasteiger partial charge < -0.3 is 10.2 Å². The summed E-state index contributed by atoms with van der Waals surface area (Å²) in [5.74, 6) is -0.383. The van der Waals surface area contributed by atoms with Gasteiger partial charge in [0.1, 0.15) is 0 Å². The Bertz CT molecular complexity index is 541. The highest BCUT2D eigenvalue weighted by Crippen LogP contribution is 2.22. The number of carbonyl (C=O) groups excluding carboxylic acids is 2. The number of rotatable bonds is 3. The molecule has 0 spiro atoms. The Morgan fingerprint density at radius 3 is 2.76 bits per heavy atom. The summed E-state index contributed by atoms with van der Waals surface area (Å²) in [5, 5.41) is 3.81. The number of hydrogen-bond acceptors (Lipinski definition) is 4. The van der Waals surface area contributed by atoms with Gasteiger partial charge in [0.05, 0.1) is 13.1 Å². The minimum Gasteiger partial charge on any atom is -0.335 e. The Balaban J connectivity index is 1.57. The van der Waals surface area contributed by atoms with Gasteiger partial charge in [-0.3, -0.25) is 4.90 Å². The molecule has 0 saturated carbocycles. The fraction of sp³-hybridized carbons (Fsp3) is 0.467. The van der Waals surface area contributed by atoms with Gasteiger partial charge in [0.2, 0.25) is 0 Å². The van der Waals surface area contributed by atoms with Crippen LogP contribution in [0.5, 0.6) is 0 Å². The van der Waals surface area contributed by atoms with Gasteiger partial charge in [-0.2, -0.15) is 0 Å². The molecule has 6 nitrogen and oxygen atoms in total. The van der Waals surface area contributed by atoms with E-state index in [4.69, 9.17) is 4.84 Å². The predicted molar refractivity (Wildman–Crippen MR) is 77.4 cm³/mol. The van der Waals surface area contributed by atoms with E-state index in [1.54, 1.807) is 0 Å². The number of nitrogens with zero attached hydrogens (tertiary/aromatic N) is 2. The number of amides is 2.